The molecule has 1 aromatic carbocycles. The van der Waals surface area contributed by atoms with E-state index in [9.17, 15) is 20.0 Å². The summed E-state index contributed by atoms with van der Waals surface area (Å²) in [6, 6.07) is 4.02. The van der Waals surface area contributed by atoms with Crippen molar-refractivity contribution in [2.24, 2.45) is 0 Å². The first-order valence-corrected chi connectivity index (χ1v) is 6.57. The van der Waals surface area contributed by atoms with E-state index >= 15 is 0 Å². The molecule has 0 aliphatic carbocycles. The highest BCUT2D eigenvalue weighted by Crippen LogP contribution is 2.26. The Hall–Kier alpha value is -2.15. The molecule has 1 aliphatic heterocycles. The van der Waals surface area contributed by atoms with Gasteiger partial charge in [0.25, 0.3) is 5.91 Å². The topological polar surface area (TPSA) is 104 Å². The Bertz CT molecular complexity index is 512. The quantitative estimate of drug-likeness (QED) is 0.554. The molecular formula is C13H17N3O4. The van der Waals surface area contributed by atoms with Gasteiger partial charge in [0.1, 0.15) is 0 Å². The summed E-state index contributed by atoms with van der Waals surface area (Å²) in [6.45, 7) is 1.56. The van der Waals surface area contributed by atoms with Gasteiger partial charge in [0.05, 0.1) is 4.92 Å². The molecule has 1 aliphatic rings. The van der Waals surface area contributed by atoms with Crippen molar-refractivity contribution in [3.63, 3.8) is 0 Å². The van der Waals surface area contributed by atoms with Crippen molar-refractivity contribution in [2.75, 3.05) is 13.1 Å². The van der Waals surface area contributed by atoms with Crippen molar-refractivity contribution < 1.29 is 14.8 Å². The number of carbonyl (C=O) groups is 1. The molecule has 0 saturated carbocycles. The van der Waals surface area contributed by atoms with Gasteiger partial charge in [0, 0.05) is 24.2 Å². The van der Waals surface area contributed by atoms with E-state index in [2.05, 4.69) is 10.6 Å². The Morgan fingerprint density at radius 2 is 2.35 bits per heavy atom. The minimum Gasteiger partial charge on any atom is -0.502 e. The molecule has 1 atom stereocenters. The maximum absolute atomic E-state index is 11.8. The summed E-state index contributed by atoms with van der Waals surface area (Å²) in [7, 11) is 0. The lowest BCUT2D eigenvalue weighted by Crippen LogP contribution is -2.30. The first-order chi connectivity index (χ1) is 9.58. The molecule has 7 heteroatoms. The molecule has 20 heavy (non-hydrogen) atoms. The highest BCUT2D eigenvalue weighted by atomic mass is 16.6. The number of phenolic OH excluding ortho intramolecular Hbond substituents is 1. The van der Waals surface area contributed by atoms with E-state index in [-0.39, 0.29) is 11.5 Å². The normalized spacial score (nSPS) is 17.9. The summed E-state index contributed by atoms with van der Waals surface area (Å²) in [5.74, 6) is -0.840. The number of nitro benzene ring substituents is 1. The van der Waals surface area contributed by atoms with Crippen LogP contribution in [0.2, 0.25) is 0 Å². The second kappa shape index (κ2) is 6.33. The van der Waals surface area contributed by atoms with Crippen LogP contribution in [0.5, 0.6) is 5.75 Å². The van der Waals surface area contributed by atoms with Gasteiger partial charge in [-0.15, -0.1) is 0 Å². The minimum absolute atomic E-state index is 0.215. The Kier molecular flexibility index (Phi) is 4.52. The first-order valence-electron chi connectivity index (χ1n) is 6.57. The predicted octanol–water partition coefficient (Wildman–Crippen LogP) is 1.17. The predicted molar refractivity (Wildman–Crippen MR) is 72.7 cm³/mol. The Morgan fingerprint density at radius 1 is 1.55 bits per heavy atom. The van der Waals surface area contributed by atoms with Gasteiger partial charge in [-0.25, -0.2) is 0 Å². The molecule has 1 heterocycles. The molecule has 7 nitrogen and oxygen atoms in total. The minimum atomic E-state index is -0.692. The maximum Gasteiger partial charge on any atom is 0.310 e. The van der Waals surface area contributed by atoms with Crippen LogP contribution in [0, 0.1) is 10.1 Å². The lowest BCUT2D eigenvalue weighted by Gasteiger charge is -2.10. The number of hydrogen-bond donors (Lipinski definition) is 3. The van der Waals surface area contributed by atoms with Crippen LogP contribution in [0.3, 0.4) is 0 Å². The fourth-order valence-electron chi connectivity index (χ4n) is 2.28. The van der Waals surface area contributed by atoms with Gasteiger partial charge >= 0.3 is 5.69 Å². The smallest absolute Gasteiger partial charge is 0.310 e. The van der Waals surface area contributed by atoms with Crippen molar-refractivity contribution in [3.8, 4) is 5.75 Å². The van der Waals surface area contributed by atoms with Crippen LogP contribution >= 0.6 is 0 Å². The second-order valence-corrected chi connectivity index (χ2v) is 4.80. The van der Waals surface area contributed by atoms with E-state index < -0.39 is 16.4 Å². The summed E-state index contributed by atoms with van der Waals surface area (Å²) >= 11 is 0. The van der Waals surface area contributed by atoms with Crippen LogP contribution in [0.25, 0.3) is 0 Å². The number of hydrogen-bond acceptors (Lipinski definition) is 5. The van der Waals surface area contributed by atoms with Gasteiger partial charge in [0.15, 0.2) is 5.75 Å². The van der Waals surface area contributed by atoms with E-state index in [0.29, 0.717) is 12.6 Å². The molecule has 1 saturated heterocycles. The fraction of sp³-hybridized carbons (Fsp3) is 0.462. The van der Waals surface area contributed by atoms with Crippen LogP contribution in [-0.4, -0.2) is 35.1 Å². The van der Waals surface area contributed by atoms with Crippen LogP contribution < -0.4 is 10.6 Å². The van der Waals surface area contributed by atoms with Gasteiger partial charge < -0.3 is 15.7 Å². The Balaban J connectivity index is 1.88. The van der Waals surface area contributed by atoms with Crippen LogP contribution in [0.1, 0.15) is 29.6 Å². The van der Waals surface area contributed by atoms with Crippen molar-refractivity contribution in [2.45, 2.75) is 25.3 Å². The SMILES string of the molecule is O=C(NCC[C@H]1CCCN1)c1ccc([N+](=O)[O-])c(O)c1. The molecule has 0 bridgehead atoms. The molecule has 1 fully saturated rings. The highest BCUT2D eigenvalue weighted by molar-refractivity contribution is 5.95. The number of carbonyl (C=O) groups excluding carboxylic acids is 1. The summed E-state index contributed by atoms with van der Waals surface area (Å²) in [6.07, 6.45) is 3.13. The number of rotatable bonds is 5. The monoisotopic (exact) mass is 279 g/mol. The third-order valence-electron chi connectivity index (χ3n) is 3.38. The maximum atomic E-state index is 11.8. The third kappa shape index (κ3) is 3.45. The van der Waals surface area contributed by atoms with Gasteiger partial charge in [0.2, 0.25) is 0 Å². The molecule has 108 valence electrons. The van der Waals surface area contributed by atoms with Crippen LogP contribution in [0.15, 0.2) is 18.2 Å². The standard InChI is InChI=1S/C13H17N3O4/c17-12-8-9(3-4-11(12)16(19)20)13(18)15-7-5-10-2-1-6-14-10/h3-4,8,10,14,17H,1-2,5-7H2,(H,15,18)/t10-/m1/s1. The number of aromatic hydroxyl groups is 1. The third-order valence-corrected chi connectivity index (χ3v) is 3.38. The molecule has 2 rings (SSSR count). The van der Waals surface area contributed by atoms with Crippen molar-refractivity contribution >= 4 is 11.6 Å². The molecule has 1 amide bonds. The summed E-state index contributed by atoms with van der Waals surface area (Å²) < 4.78 is 0. The molecule has 3 N–H and O–H groups in total. The highest BCUT2D eigenvalue weighted by Gasteiger charge is 2.17. The van der Waals surface area contributed by atoms with Crippen LogP contribution in [0.4, 0.5) is 5.69 Å². The lowest BCUT2D eigenvalue weighted by molar-refractivity contribution is -0.385. The van der Waals surface area contributed by atoms with E-state index in [1.807, 2.05) is 0 Å². The van der Waals surface area contributed by atoms with Gasteiger partial charge in [-0.2, -0.15) is 0 Å². The first kappa shape index (κ1) is 14.3. The molecule has 0 unspecified atom stereocenters. The largest absolute Gasteiger partial charge is 0.502 e. The summed E-state index contributed by atoms with van der Waals surface area (Å²) in [4.78, 5) is 21.7. The Labute approximate surface area is 116 Å². The number of benzene rings is 1. The number of amides is 1. The molecule has 0 spiro atoms. The van der Waals surface area contributed by atoms with Gasteiger partial charge in [-0.05, 0) is 37.9 Å². The zero-order chi connectivity index (χ0) is 14.5. The lowest BCUT2D eigenvalue weighted by atomic mass is 10.1. The molecule has 1 aromatic rings. The van der Waals surface area contributed by atoms with Crippen molar-refractivity contribution in [1.82, 2.24) is 10.6 Å². The zero-order valence-electron chi connectivity index (χ0n) is 11.0. The molecule has 0 radical (unpaired) electrons. The number of nitrogens with zero attached hydrogens (tertiary/aromatic N) is 1. The van der Waals surface area contributed by atoms with E-state index in [1.54, 1.807) is 0 Å². The summed E-state index contributed by atoms with van der Waals surface area (Å²) in [5, 5.41) is 26.1. The van der Waals surface area contributed by atoms with Crippen molar-refractivity contribution in [3.05, 3.63) is 33.9 Å². The van der Waals surface area contributed by atoms with Gasteiger partial charge in [-0.1, -0.05) is 0 Å². The van der Waals surface area contributed by atoms with Crippen molar-refractivity contribution in [1.29, 1.82) is 0 Å². The average molecular weight is 279 g/mol. The van der Waals surface area contributed by atoms with E-state index in [4.69, 9.17) is 0 Å². The summed E-state index contributed by atoms with van der Waals surface area (Å²) in [5.41, 5.74) is -0.191. The number of phenols is 1. The van der Waals surface area contributed by atoms with E-state index in [0.717, 1.165) is 37.9 Å². The van der Waals surface area contributed by atoms with Gasteiger partial charge in [-0.3, -0.25) is 14.9 Å². The second-order valence-electron chi connectivity index (χ2n) is 4.80. The van der Waals surface area contributed by atoms with Crippen LogP contribution in [-0.2, 0) is 0 Å². The van der Waals surface area contributed by atoms with E-state index in [1.165, 1.54) is 6.07 Å². The number of nitrogens with one attached hydrogen (secondary N) is 2. The zero-order valence-corrected chi connectivity index (χ0v) is 11.0. The average Bonchev–Trinajstić information content (AvgIpc) is 2.91. The molecule has 0 aromatic heterocycles. The molecular weight excluding hydrogens is 262 g/mol. The fourth-order valence-corrected chi connectivity index (χ4v) is 2.28. The Morgan fingerprint density at radius 3 is 2.95 bits per heavy atom. The number of nitro groups is 1.